The third kappa shape index (κ3) is 3.84. The SMILES string of the molecule is CC(=O)C1=C(O)CC2C(O)C3C(=C(O)C2(O)C1=O)C(=O)c1c(ccc(C(C)(C)CCCn2ccnc2)c1O)C3C. The van der Waals surface area contributed by atoms with E-state index in [1.165, 1.54) is 0 Å². The molecule has 0 fully saturated rings. The minimum Gasteiger partial charge on any atom is -0.511 e. The molecule has 5 atom stereocenters. The van der Waals surface area contributed by atoms with E-state index in [9.17, 15) is 39.9 Å². The number of benzene rings is 1. The van der Waals surface area contributed by atoms with Gasteiger partial charge in [-0.15, -0.1) is 0 Å². The van der Waals surface area contributed by atoms with Crippen LogP contribution in [0.15, 0.2) is 53.5 Å². The minimum absolute atomic E-state index is 0.0480. The van der Waals surface area contributed by atoms with Crippen LogP contribution in [0.1, 0.15) is 74.4 Å². The highest BCUT2D eigenvalue weighted by Gasteiger charge is 2.64. The summed E-state index contributed by atoms with van der Waals surface area (Å²) >= 11 is 0. The van der Waals surface area contributed by atoms with Gasteiger partial charge in [0.05, 0.1) is 18.0 Å². The van der Waals surface area contributed by atoms with E-state index in [1.54, 1.807) is 31.6 Å². The lowest BCUT2D eigenvalue weighted by atomic mass is 9.56. The molecule has 0 amide bonds. The molecule has 0 saturated carbocycles. The van der Waals surface area contributed by atoms with Gasteiger partial charge in [-0.05, 0) is 36.7 Å². The van der Waals surface area contributed by atoms with Crippen LogP contribution in [0.25, 0.3) is 0 Å². The number of carbonyl (C=O) groups excluding carboxylic acids is 3. The van der Waals surface area contributed by atoms with Crippen molar-refractivity contribution >= 4 is 17.3 Å². The topological polar surface area (TPSA) is 170 Å². The lowest BCUT2D eigenvalue weighted by Crippen LogP contribution is -2.62. The van der Waals surface area contributed by atoms with Crippen LogP contribution in [0, 0.1) is 11.8 Å². The van der Waals surface area contributed by atoms with Gasteiger partial charge in [-0.2, -0.15) is 0 Å². The van der Waals surface area contributed by atoms with Crippen molar-refractivity contribution in [2.45, 2.75) is 76.5 Å². The van der Waals surface area contributed by atoms with Gasteiger partial charge in [0.1, 0.15) is 22.8 Å². The molecule has 1 heterocycles. The van der Waals surface area contributed by atoms with Gasteiger partial charge in [-0.1, -0.05) is 32.9 Å². The Kier molecular flexibility index (Phi) is 6.54. The number of aliphatic hydroxyl groups is 4. The zero-order valence-corrected chi connectivity index (χ0v) is 22.9. The molecule has 0 radical (unpaired) electrons. The van der Waals surface area contributed by atoms with Gasteiger partial charge in [0.15, 0.2) is 17.2 Å². The number of aromatic hydroxyl groups is 1. The first-order valence-electron chi connectivity index (χ1n) is 13.4. The first-order valence-corrected chi connectivity index (χ1v) is 13.4. The first-order chi connectivity index (χ1) is 18.7. The molecule has 2 aromatic rings. The number of ketones is 3. The predicted molar refractivity (Wildman–Crippen MR) is 143 cm³/mol. The van der Waals surface area contributed by atoms with Crippen LogP contribution < -0.4 is 0 Å². The van der Waals surface area contributed by atoms with E-state index in [0.29, 0.717) is 17.5 Å². The third-order valence-electron chi connectivity index (χ3n) is 9.11. The molecule has 3 aliphatic carbocycles. The Bertz CT molecular complexity index is 1490. The second kappa shape index (κ2) is 9.42. The number of allylic oxidation sites excluding steroid dienone is 1. The second-order valence-corrected chi connectivity index (χ2v) is 11.9. The summed E-state index contributed by atoms with van der Waals surface area (Å²) in [6.07, 6.45) is 4.80. The molecule has 0 aliphatic heterocycles. The molecule has 0 saturated heterocycles. The summed E-state index contributed by atoms with van der Waals surface area (Å²) < 4.78 is 1.95. The monoisotopic (exact) mass is 550 g/mol. The standard InChI is InChI=1S/C30H34N2O8/c1-14-16-6-7-17(29(3,4)8-5-10-32-11-9-31-13-32)24(35)22(16)26(37)23-20(14)25(36)18-12-19(34)21(15(2)33)27(38)30(18,40)28(23)39/h6-7,9,11,13-14,18,20,25,34-36,39-40H,5,8,10,12H2,1-4H3. The average Bonchev–Trinajstić information content (AvgIpc) is 3.39. The number of rotatable bonds is 6. The summed E-state index contributed by atoms with van der Waals surface area (Å²) in [7, 11) is 0. The Labute approximate surface area is 231 Å². The fourth-order valence-electron chi connectivity index (χ4n) is 6.91. The van der Waals surface area contributed by atoms with E-state index in [1.807, 2.05) is 24.6 Å². The summed E-state index contributed by atoms with van der Waals surface area (Å²) in [6, 6.07) is 3.51. The third-order valence-corrected chi connectivity index (χ3v) is 9.11. The maximum Gasteiger partial charge on any atom is 0.209 e. The number of carbonyl (C=O) groups is 3. The van der Waals surface area contributed by atoms with Crippen molar-refractivity contribution in [3.63, 3.8) is 0 Å². The smallest absolute Gasteiger partial charge is 0.209 e. The quantitative estimate of drug-likeness (QED) is 0.339. The molecule has 10 heteroatoms. The van der Waals surface area contributed by atoms with Crippen molar-refractivity contribution in [2.75, 3.05) is 0 Å². The normalized spacial score (nSPS) is 28.4. The zero-order valence-electron chi connectivity index (χ0n) is 22.9. The molecule has 5 N–H and O–H groups in total. The van der Waals surface area contributed by atoms with Crippen LogP contribution in [-0.2, 0) is 21.5 Å². The maximum absolute atomic E-state index is 14.0. The van der Waals surface area contributed by atoms with Gasteiger partial charge in [0.25, 0.3) is 0 Å². The molecule has 5 unspecified atom stereocenters. The Morgan fingerprint density at radius 2 is 1.90 bits per heavy atom. The number of imidazole rings is 1. The van der Waals surface area contributed by atoms with Crippen LogP contribution in [0.5, 0.6) is 5.75 Å². The van der Waals surface area contributed by atoms with Crippen molar-refractivity contribution < 1.29 is 39.9 Å². The van der Waals surface area contributed by atoms with E-state index < -0.39 is 75.7 Å². The lowest BCUT2D eigenvalue weighted by molar-refractivity contribution is -0.154. The highest BCUT2D eigenvalue weighted by Crippen LogP contribution is 2.55. The highest BCUT2D eigenvalue weighted by molar-refractivity contribution is 6.25. The molecule has 10 nitrogen and oxygen atoms in total. The number of hydrogen-bond donors (Lipinski definition) is 5. The number of aliphatic hydroxyl groups excluding tert-OH is 3. The van der Waals surface area contributed by atoms with Gasteiger partial charge in [0.2, 0.25) is 5.78 Å². The lowest BCUT2D eigenvalue weighted by Gasteiger charge is -2.50. The van der Waals surface area contributed by atoms with Crippen molar-refractivity contribution in [1.82, 2.24) is 9.55 Å². The summed E-state index contributed by atoms with van der Waals surface area (Å²) in [5.74, 6) is -7.63. The number of Topliss-reactive ketones (excluding diaryl/α,β-unsaturated/α-hetero) is 3. The fraction of sp³-hybridized carbons (Fsp3) is 0.467. The number of aromatic nitrogens is 2. The number of hydrogen-bond acceptors (Lipinski definition) is 9. The van der Waals surface area contributed by atoms with Crippen molar-refractivity contribution in [2.24, 2.45) is 11.8 Å². The first kappa shape index (κ1) is 27.8. The zero-order chi connectivity index (χ0) is 29.3. The Morgan fingerprint density at radius 3 is 2.52 bits per heavy atom. The highest BCUT2D eigenvalue weighted by atomic mass is 16.4. The van der Waals surface area contributed by atoms with E-state index in [0.717, 1.165) is 19.9 Å². The molecule has 0 bridgehead atoms. The van der Waals surface area contributed by atoms with Crippen LogP contribution in [0.2, 0.25) is 0 Å². The number of phenols is 1. The van der Waals surface area contributed by atoms with Crippen LogP contribution in [-0.4, -0.2) is 64.1 Å². The maximum atomic E-state index is 14.0. The van der Waals surface area contributed by atoms with Gasteiger partial charge in [-0.25, -0.2) is 4.98 Å². The summed E-state index contributed by atoms with van der Waals surface area (Å²) in [5.41, 5.74) is -3.39. The van der Waals surface area contributed by atoms with Crippen molar-refractivity contribution in [3.05, 3.63) is 70.2 Å². The van der Waals surface area contributed by atoms with Gasteiger partial charge >= 0.3 is 0 Å². The minimum atomic E-state index is -2.77. The summed E-state index contributed by atoms with van der Waals surface area (Å²) in [6.45, 7) is 7.41. The predicted octanol–water partition coefficient (Wildman–Crippen LogP) is 3.17. The molecular weight excluding hydrogens is 516 g/mol. The molecule has 40 heavy (non-hydrogen) atoms. The number of phenolic OH excluding ortho intramolecular Hbond substituents is 1. The largest absolute Gasteiger partial charge is 0.511 e. The Morgan fingerprint density at radius 1 is 1.20 bits per heavy atom. The molecule has 1 aromatic carbocycles. The summed E-state index contributed by atoms with van der Waals surface area (Å²) in [5, 5.41) is 56.1. The second-order valence-electron chi connectivity index (χ2n) is 11.9. The number of aryl methyl sites for hydroxylation is 1. The summed E-state index contributed by atoms with van der Waals surface area (Å²) in [4.78, 5) is 43.4. The van der Waals surface area contributed by atoms with Crippen LogP contribution >= 0.6 is 0 Å². The Hall–Kier alpha value is -3.76. The molecule has 1 aromatic heterocycles. The number of fused-ring (bicyclic) bond motifs is 3. The molecule has 212 valence electrons. The Balaban J connectivity index is 1.58. The molecule has 0 spiro atoms. The van der Waals surface area contributed by atoms with Gasteiger partial charge < -0.3 is 30.1 Å². The van der Waals surface area contributed by atoms with Crippen LogP contribution in [0.4, 0.5) is 0 Å². The van der Waals surface area contributed by atoms with Crippen LogP contribution in [0.3, 0.4) is 0 Å². The van der Waals surface area contributed by atoms with Gasteiger partial charge in [0, 0.05) is 48.3 Å². The molecule has 3 aliphatic rings. The van der Waals surface area contributed by atoms with Crippen molar-refractivity contribution in [1.29, 1.82) is 0 Å². The van der Waals surface area contributed by atoms with E-state index in [2.05, 4.69) is 4.98 Å². The van der Waals surface area contributed by atoms with E-state index in [-0.39, 0.29) is 16.9 Å². The van der Waals surface area contributed by atoms with E-state index in [4.69, 9.17) is 0 Å². The van der Waals surface area contributed by atoms with E-state index >= 15 is 0 Å². The number of nitrogens with zero attached hydrogens (tertiary/aromatic N) is 2. The molecule has 5 rings (SSSR count). The fourth-order valence-corrected chi connectivity index (χ4v) is 6.91. The van der Waals surface area contributed by atoms with Gasteiger partial charge in [-0.3, -0.25) is 14.4 Å². The molecular formula is C30H34N2O8. The van der Waals surface area contributed by atoms with Crippen molar-refractivity contribution in [3.8, 4) is 5.75 Å². The average molecular weight is 551 g/mol.